The first-order valence-corrected chi connectivity index (χ1v) is 16.5. The van der Waals surface area contributed by atoms with Crippen molar-refractivity contribution in [3.05, 3.63) is 112 Å². The Bertz CT molecular complexity index is 1960. The van der Waals surface area contributed by atoms with Gasteiger partial charge in [0.05, 0.1) is 23.4 Å². The minimum Gasteiger partial charge on any atom is -1.00 e. The average Bonchev–Trinajstić information content (AvgIpc) is 3.92. The summed E-state index contributed by atoms with van der Waals surface area (Å²) in [5, 5.41) is 9.48. The molecule has 256 valence electrons. The van der Waals surface area contributed by atoms with Gasteiger partial charge in [-0.1, -0.05) is 36.2 Å². The normalized spacial score (nSPS) is 19.5. The van der Waals surface area contributed by atoms with Gasteiger partial charge in [-0.05, 0) is 74.0 Å². The van der Waals surface area contributed by atoms with Gasteiger partial charge in [-0.2, -0.15) is 10.2 Å². The highest BCUT2D eigenvalue weighted by atomic mass is 35.5. The maximum atomic E-state index is 12.8. The summed E-state index contributed by atoms with van der Waals surface area (Å²) in [4.78, 5) is 19.0. The molecule has 2 aromatic heterocycles. The third kappa shape index (κ3) is 7.24. The molecule has 0 aliphatic carbocycles. The molecule has 4 heterocycles. The van der Waals surface area contributed by atoms with Crippen LogP contribution in [0.5, 0.6) is 5.75 Å². The Kier molecular flexibility index (Phi) is 10.4. The summed E-state index contributed by atoms with van der Waals surface area (Å²) < 4.78 is 25.8. The monoisotopic (exact) mass is 724 g/mol. The minimum absolute atomic E-state index is 0. The van der Waals surface area contributed by atoms with Crippen LogP contribution in [0.3, 0.4) is 0 Å². The van der Waals surface area contributed by atoms with Crippen LogP contribution in [0.2, 0.25) is 10.0 Å². The molecule has 49 heavy (non-hydrogen) atoms. The molecule has 7 rings (SSSR count). The highest BCUT2D eigenvalue weighted by Crippen LogP contribution is 2.40. The van der Waals surface area contributed by atoms with Crippen LogP contribution in [-0.2, 0) is 21.8 Å². The predicted molar refractivity (Wildman–Crippen MR) is 182 cm³/mol. The van der Waals surface area contributed by atoms with E-state index in [0.717, 1.165) is 42.3 Å². The van der Waals surface area contributed by atoms with Gasteiger partial charge in [0, 0.05) is 10.6 Å². The van der Waals surface area contributed by atoms with Crippen molar-refractivity contribution in [3.8, 4) is 11.4 Å². The lowest BCUT2D eigenvalue weighted by Gasteiger charge is -2.29. The van der Waals surface area contributed by atoms with Gasteiger partial charge < -0.3 is 26.6 Å². The zero-order chi connectivity index (χ0) is 33.3. The number of hydrogen-bond donors (Lipinski definition) is 0. The molecule has 3 aromatic carbocycles. The zero-order valence-electron chi connectivity index (χ0n) is 26.9. The topological polar surface area (TPSA) is 104 Å². The van der Waals surface area contributed by atoms with Gasteiger partial charge in [0.1, 0.15) is 68.5 Å². The fourth-order valence-electron chi connectivity index (χ4n) is 5.87. The number of benzene rings is 3. The molecule has 3 unspecified atom stereocenters. The van der Waals surface area contributed by atoms with E-state index in [4.69, 9.17) is 37.4 Å². The molecule has 0 N–H and O–H groups in total. The van der Waals surface area contributed by atoms with E-state index in [0.29, 0.717) is 22.2 Å². The Morgan fingerprint density at radius 3 is 2.53 bits per heavy atom. The first-order valence-electron chi connectivity index (χ1n) is 15.8. The van der Waals surface area contributed by atoms with Crippen molar-refractivity contribution in [1.29, 1.82) is 0 Å². The average molecular weight is 726 g/mol. The van der Waals surface area contributed by atoms with Crippen molar-refractivity contribution >= 4 is 40.9 Å². The second-order valence-corrected chi connectivity index (χ2v) is 12.7. The van der Waals surface area contributed by atoms with Crippen LogP contribution in [0.4, 0.5) is 11.4 Å². The van der Waals surface area contributed by atoms with E-state index < -0.39 is 5.79 Å². The maximum Gasteiger partial charge on any atom is 0.350 e. The highest BCUT2D eigenvalue weighted by Gasteiger charge is 2.45. The van der Waals surface area contributed by atoms with Gasteiger partial charge in [0.15, 0.2) is 0 Å². The van der Waals surface area contributed by atoms with Crippen LogP contribution in [0.15, 0.2) is 90.5 Å². The van der Waals surface area contributed by atoms with Crippen LogP contribution >= 0.6 is 23.2 Å². The zero-order valence-corrected chi connectivity index (χ0v) is 29.2. The van der Waals surface area contributed by atoms with E-state index in [2.05, 4.69) is 31.0 Å². The minimum atomic E-state index is -1.17. The summed E-state index contributed by atoms with van der Waals surface area (Å²) >= 11 is 12.7. The summed E-state index contributed by atoms with van der Waals surface area (Å²) in [5.41, 5.74) is 3.41. The van der Waals surface area contributed by atoms with Gasteiger partial charge >= 0.3 is 5.69 Å². The van der Waals surface area contributed by atoms with Crippen molar-refractivity contribution in [2.24, 2.45) is 0 Å². The summed E-state index contributed by atoms with van der Waals surface area (Å²) in [6.07, 6.45) is 7.24. The van der Waals surface area contributed by atoms with Crippen LogP contribution in [0.1, 0.15) is 31.9 Å². The van der Waals surface area contributed by atoms with Crippen LogP contribution in [-0.4, -0.2) is 72.4 Å². The van der Waals surface area contributed by atoms with E-state index in [1.165, 1.54) is 11.0 Å². The smallest absolute Gasteiger partial charge is 0.350 e. The van der Waals surface area contributed by atoms with Crippen LogP contribution in [0, 0.1) is 0 Å². The molecule has 0 spiro atoms. The van der Waals surface area contributed by atoms with Gasteiger partial charge in [0.2, 0.25) is 12.1 Å². The Morgan fingerprint density at radius 1 is 1.04 bits per heavy atom. The molecule has 15 heteroatoms. The SMILES string of the molecule is CCC(C)n1ncn(-c2ccc([N+]3=CN(c4ccc(OCC5COC(Cn6cncn6)(c6ccc(Cl)cc6Cl)O5)cc4)CC3)cc2)c1=O.[Cl-]. The van der Waals surface area contributed by atoms with Crippen molar-refractivity contribution in [2.75, 3.05) is 31.2 Å². The quantitative estimate of drug-likeness (QED) is 0.192. The van der Waals surface area contributed by atoms with Crippen molar-refractivity contribution in [1.82, 2.24) is 29.1 Å². The Hall–Kier alpha value is -4.20. The van der Waals surface area contributed by atoms with Gasteiger partial charge in [-0.3, -0.25) is 0 Å². The first-order chi connectivity index (χ1) is 23.3. The molecule has 3 atom stereocenters. The molecule has 0 amide bonds. The van der Waals surface area contributed by atoms with E-state index >= 15 is 0 Å². The Morgan fingerprint density at radius 2 is 1.82 bits per heavy atom. The second-order valence-electron chi connectivity index (χ2n) is 11.8. The molecular weight excluding hydrogens is 691 g/mol. The number of anilines is 1. The standard InChI is InChI=1S/C34H35Cl2N8O4.ClH/c1-3-24(2)44-33(45)43(22-39-44)28-7-5-26(6-8-28)40-14-15-41(23-40)27-9-11-29(12-10-27)46-17-30-18-47-34(48-30,19-42-21-37-20-38-42)31-13-4-25(35)16-32(31)36;/h4-13,16,20-24,30H,3,14-15,17-19H2,1-2H3;1H/q+1;/p-1. The van der Waals surface area contributed by atoms with Gasteiger partial charge in [0.25, 0.3) is 0 Å². The molecule has 0 radical (unpaired) electrons. The predicted octanol–water partition coefficient (Wildman–Crippen LogP) is 2.45. The fraction of sp³-hybridized carbons (Fsp3) is 0.324. The highest BCUT2D eigenvalue weighted by molar-refractivity contribution is 6.35. The summed E-state index contributed by atoms with van der Waals surface area (Å²) in [5.74, 6) is -0.446. The molecule has 0 bridgehead atoms. The molecule has 1 fully saturated rings. The number of rotatable bonds is 11. The first kappa shape index (κ1) is 34.7. The lowest BCUT2D eigenvalue weighted by Crippen LogP contribution is -3.00. The number of hydrogen-bond acceptors (Lipinski definition) is 8. The third-order valence-corrected chi connectivity index (χ3v) is 9.21. The molecule has 5 aromatic rings. The van der Waals surface area contributed by atoms with E-state index in [-0.39, 0.29) is 43.4 Å². The van der Waals surface area contributed by atoms with Crippen LogP contribution < -0.4 is 27.7 Å². The number of aromatic nitrogens is 6. The Balaban J connectivity index is 0.00000417. The van der Waals surface area contributed by atoms with E-state index in [1.807, 2.05) is 68.4 Å². The van der Waals surface area contributed by atoms with Crippen molar-refractivity contribution < 1.29 is 31.2 Å². The molecule has 2 aliphatic heterocycles. The van der Waals surface area contributed by atoms with Gasteiger partial charge in [-0.25, -0.2) is 33.2 Å². The fourth-order valence-corrected chi connectivity index (χ4v) is 6.42. The molecule has 0 saturated carbocycles. The van der Waals surface area contributed by atoms with Gasteiger partial charge in [-0.15, -0.1) is 0 Å². The van der Waals surface area contributed by atoms with Crippen LogP contribution in [0.25, 0.3) is 5.69 Å². The lowest BCUT2D eigenvalue weighted by molar-refractivity contribution is -0.424. The van der Waals surface area contributed by atoms with Crippen molar-refractivity contribution in [3.63, 3.8) is 0 Å². The summed E-state index contributed by atoms with van der Waals surface area (Å²) in [7, 11) is 0. The summed E-state index contributed by atoms with van der Waals surface area (Å²) in [6.45, 7) is 6.55. The Labute approximate surface area is 299 Å². The molecular formula is C34H35Cl3N8O4. The van der Waals surface area contributed by atoms with E-state index in [9.17, 15) is 4.79 Å². The maximum absolute atomic E-state index is 12.8. The number of halogens is 3. The lowest BCUT2D eigenvalue weighted by atomic mass is 10.1. The second kappa shape index (κ2) is 14.7. The van der Waals surface area contributed by atoms with E-state index in [1.54, 1.807) is 34.0 Å². The molecule has 1 saturated heterocycles. The number of ether oxygens (including phenoxy) is 3. The third-order valence-electron chi connectivity index (χ3n) is 8.66. The number of nitrogens with zero attached hydrogens (tertiary/aromatic N) is 8. The molecule has 2 aliphatic rings. The molecule has 12 nitrogen and oxygen atoms in total. The summed E-state index contributed by atoms with van der Waals surface area (Å²) in [6, 6.07) is 21.2. The van der Waals surface area contributed by atoms with Crippen molar-refractivity contribution in [2.45, 2.75) is 44.7 Å². The largest absolute Gasteiger partial charge is 1.00 e.